The van der Waals surface area contributed by atoms with Gasteiger partial charge >= 0.3 is 0 Å². The Morgan fingerprint density at radius 3 is 2.42 bits per heavy atom. The summed E-state index contributed by atoms with van der Waals surface area (Å²) in [5, 5.41) is 14.4. The molecule has 2 aromatic carbocycles. The fourth-order valence-electron chi connectivity index (χ4n) is 2.73. The normalized spacial score (nSPS) is 14.8. The van der Waals surface area contributed by atoms with Gasteiger partial charge in [-0.2, -0.15) is 0 Å². The van der Waals surface area contributed by atoms with Crippen LogP contribution in [0.15, 0.2) is 65.7 Å². The second-order valence-electron chi connectivity index (χ2n) is 6.01. The Labute approximate surface area is 151 Å². The number of hydrogen-bond acceptors (Lipinski definition) is 2. The third-order valence-electron chi connectivity index (χ3n) is 4.22. The summed E-state index contributed by atoms with van der Waals surface area (Å²) in [5.41, 5.74) is 0.858. The summed E-state index contributed by atoms with van der Waals surface area (Å²) in [7, 11) is 0. The van der Waals surface area contributed by atoms with E-state index >= 15 is 0 Å². The van der Waals surface area contributed by atoms with Gasteiger partial charge in [-0.1, -0.05) is 46.3 Å². The van der Waals surface area contributed by atoms with Gasteiger partial charge in [-0.3, -0.25) is 0 Å². The summed E-state index contributed by atoms with van der Waals surface area (Å²) >= 11 is 3.43. The molecule has 128 valence electrons. The molecule has 0 fully saturated rings. The summed E-state index contributed by atoms with van der Waals surface area (Å²) in [4.78, 5) is 0. The van der Waals surface area contributed by atoms with Crippen LogP contribution in [0.3, 0.4) is 0 Å². The zero-order chi connectivity index (χ0) is 17.6. The summed E-state index contributed by atoms with van der Waals surface area (Å²) in [6, 6.07) is 14.4. The SMILES string of the molecule is C=CC[C@@](O)(CCN[C@@H](C)c1ccc(Br)cc1)c1ccc(F)cc1. The zero-order valence-electron chi connectivity index (χ0n) is 13.8. The van der Waals surface area contributed by atoms with Crippen molar-refractivity contribution in [1.82, 2.24) is 5.32 Å². The summed E-state index contributed by atoms with van der Waals surface area (Å²) in [6.45, 7) is 6.46. The minimum atomic E-state index is -1.04. The standard InChI is InChI=1S/C20H23BrFNO/c1-3-12-20(24,17-6-10-19(22)11-7-17)13-14-23-15(2)16-4-8-18(21)9-5-16/h3-11,15,23-24H,1,12-14H2,2H3/t15-,20+/m0/s1. The van der Waals surface area contributed by atoms with Crippen molar-refractivity contribution in [2.24, 2.45) is 0 Å². The smallest absolute Gasteiger partial charge is 0.123 e. The van der Waals surface area contributed by atoms with Crippen LogP contribution in [0.2, 0.25) is 0 Å². The van der Waals surface area contributed by atoms with E-state index in [2.05, 4.69) is 46.9 Å². The number of aliphatic hydroxyl groups is 1. The lowest BCUT2D eigenvalue weighted by molar-refractivity contribution is 0.0302. The van der Waals surface area contributed by atoms with Crippen molar-refractivity contribution >= 4 is 15.9 Å². The molecule has 0 aliphatic carbocycles. The number of benzene rings is 2. The van der Waals surface area contributed by atoms with E-state index in [4.69, 9.17) is 0 Å². The molecule has 0 aliphatic heterocycles. The topological polar surface area (TPSA) is 32.3 Å². The van der Waals surface area contributed by atoms with Crippen molar-refractivity contribution < 1.29 is 9.50 Å². The Morgan fingerprint density at radius 1 is 1.21 bits per heavy atom. The Morgan fingerprint density at radius 2 is 1.83 bits per heavy atom. The van der Waals surface area contributed by atoms with E-state index in [9.17, 15) is 9.50 Å². The van der Waals surface area contributed by atoms with Crippen LogP contribution in [0.4, 0.5) is 4.39 Å². The van der Waals surface area contributed by atoms with Gasteiger partial charge in [-0.25, -0.2) is 4.39 Å². The number of nitrogens with one attached hydrogen (secondary N) is 1. The zero-order valence-corrected chi connectivity index (χ0v) is 15.4. The number of hydrogen-bond donors (Lipinski definition) is 2. The van der Waals surface area contributed by atoms with Crippen molar-refractivity contribution in [3.05, 3.63) is 82.6 Å². The average Bonchev–Trinajstić information content (AvgIpc) is 2.56. The van der Waals surface area contributed by atoms with Crippen LogP contribution in [0.1, 0.15) is 36.9 Å². The lowest BCUT2D eigenvalue weighted by Crippen LogP contribution is -2.31. The third-order valence-corrected chi connectivity index (χ3v) is 4.75. The van der Waals surface area contributed by atoms with Gasteiger partial charge in [0.1, 0.15) is 5.82 Å². The minimum Gasteiger partial charge on any atom is -0.385 e. The van der Waals surface area contributed by atoms with Crippen LogP contribution in [-0.2, 0) is 5.60 Å². The van der Waals surface area contributed by atoms with Crippen molar-refractivity contribution in [2.45, 2.75) is 31.4 Å². The molecule has 2 N–H and O–H groups in total. The largest absolute Gasteiger partial charge is 0.385 e. The molecule has 0 saturated carbocycles. The van der Waals surface area contributed by atoms with Gasteiger partial charge in [0.15, 0.2) is 0 Å². The first-order chi connectivity index (χ1) is 11.4. The van der Waals surface area contributed by atoms with E-state index in [1.807, 2.05) is 12.1 Å². The molecule has 0 saturated heterocycles. The van der Waals surface area contributed by atoms with E-state index < -0.39 is 5.60 Å². The van der Waals surface area contributed by atoms with Crippen molar-refractivity contribution in [3.63, 3.8) is 0 Å². The molecule has 0 unspecified atom stereocenters. The lowest BCUT2D eigenvalue weighted by Gasteiger charge is -2.28. The van der Waals surface area contributed by atoms with Crippen LogP contribution in [0.5, 0.6) is 0 Å². The molecule has 0 spiro atoms. The van der Waals surface area contributed by atoms with Gasteiger partial charge in [0.25, 0.3) is 0 Å². The molecule has 0 amide bonds. The molecule has 0 aliphatic rings. The maximum Gasteiger partial charge on any atom is 0.123 e. The molecule has 2 aromatic rings. The molecule has 2 nitrogen and oxygen atoms in total. The van der Waals surface area contributed by atoms with E-state index in [-0.39, 0.29) is 11.9 Å². The molecule has 0 aromatic heterocycles. The minimum absolute atomic E-state index is 0.180. The van der Waals surface area contributed by atoms with Crippen LogP contribution in [-0.4, -0.2) is 11.7 Å². The van der Waals surface area contributed by atoms with Gasteiger partial charge in [-0.15, -0.1) is 6.58 Å². The molecule has 0 radical (unpaired) electrons. The quantitative estimate of drug-likeness (QED) is 0.614. The fourth-order valence-corrected chi connectivity index (χ4v) is 2.99. The van der Waals surface area contributed by atoms with Crippen molar-refractivity contribution in [3.8, 4) is 0 Å². The molecule has 4 heteroatoms. The Kier molecular flexibility index (Phi) is 6.72. The monoisotopic (exact) mass is 391 g/mol. The second-order valence-corrected chi connectivity index (χ2v) is 6.92. The highest BCUT2D eigenvalue weighted by Crippen LogP contribution is 2.29. The van der Waals surface area contributed by atoms with Crippen molar-refractivity contribution in [2.75, 3.05) is 6.54 Å². The Bertz CT molecular complexity index is 656. The summed E-state index contributed by atoms with van der Waals surface area (Å²) < 4.78 is 14.2. The number of rotatable bonds is 8. The predicted octanol–water partition coefficient (Wildman–Crippen LogP) is 5.09. The maximum atomic E-state index is 13.1. The van der Waals surface area contributed by atoms with Gasteiger partial charge in [0, 0.05) is 10.5 Å². The molecular weight excluding hydrogens is 369 g/mol. The van der Waals surface area contributed by atoms with Crippen LogP contribution >= 0.6 is 15.9 Å². The molecule has 0 bridgehead atoms. The van der Waals surface area contributed by atoms with Crippen LogP contribution in [0, 0.1) is 5.82 Å². The second kappa shape index (κ2) is 8.56. The highest BCUT2D eigenvalue weighted by atomic mass is 79.9. The maximum absolute atomic E-state index is 13.1. The highest BCUT2D eigenvalue weighted by Gasteiger charge is 2.27. The van der Waals surface area contributed by atoms with E-state index in [1.165, 1.54) is 17.7 Å². The highest BCUT2D eigenvalue weighted by molar-refractivity contribution is 9.10. The number of halogens is 2. The van der Waals surface area contributed by atoms with E-state index in [1.54, 1.807) is 18.2 Å². The molecule has 24 heavy (non-hydrogen) atoms. The fraction of sp³-hybridized carbons (Fsp3) is 0.300. The van der Waals surface area contributed by atoms with Gasteiger partial charge in [0.05, 0.1) is 5.60 Å². The van der Waals surface area contributed by atoms with Gasteiger partial charge in [-0.05, 0) is 61.7 Å². The van der Waals surface area contributed by atoms with Gasteiger partial charge < -0.3 is 10.4 Å². The van der Waals surface area contributed by atoms with Crippen LogP contribution in [0.25, 0.3) is 0 Å². The van der Waals surface area contributed by atoms with E-state index in [0.717, 1.165) is 4.47 Å². The van der Waals surface area contributed by atoms with Crippen LogP contribution < -0.4 is 5.32 Å². The third kappa shape index (κ3) is 5.00. The Balaban J connectivity index is 1.99. The van der Waals surface area contributed by atoms with Gasteiger partial charge in [0.2, 0.25) is 0 Å². The molecule has 0 heterocycles. The summed E-state index contributed by atoms with van der Waals surface area (Å²) in [6.07, 6.45) is 2.64. The summed E-state index contributed by atoms with van der Waals surface area (Å²) in [5.74, 6) is -0.304. The van der Waals surface area contributed by atoms with E-state index in [0.29, 0.717) is 24.9 Å². The van der Waals surface area contributed by atoms with Crippen molar-refractivity contribution in [1.29, 1.82) is 0 Å². The molecule has 2 atom stereocenters. The predicted molar refractivity (Wildman–Crippen MR) is 100 cm³/mol. The average molecular weight is 392 g/mol. The first-order valence-corrected chi connectivity index (χ1v) is 8.82. The Hall–Kier alpha value is -1.49. The molecular formula is C20H23BrFNO. The molecule has 2 rings (SSSR count). The lowest BCUT2D eigenvalue weighted by atomic mass is 9.87. The first kappa shape index (κ1) is 18.8. The first-order valence-electron chi connectivity index (χ1n) is 8.03.